The molecular weight excluding hydrogens is 312 g/mol. The number of para-hydroxylation sites is 1. The van der Waals surface area contributed by atoms with Gasteiger partial charge >= 0.3 is 5.97 Å². The van der Waals surface area contributed by atoms with E-state index in [4.69, 9.17) is 14.6 Å². The molecule has 1 aliphatic rings. The van der Waals surface area contributed by atoms with Crippen LogP contribution in [-0.4, -0.2) is 53.1 Å². The van der Waals surface area contributed by atoms with Gasteiger partial charge in [0.25, 0.3) is 5.82 Å². The Kier molecular flexibility index (Phi) is 4.28. The number of methoxy groups -OCH3 is 2. The predicted octanol–water partition coefficient (Wildman–Crippen LogP) is 1.52. The first-order chi connectivity index (χ1) is 11.5. The minimum absolute atomic E-state index is 0.185. The van der Waals surface area contributed by atoms with Gasteiger partial charge in [0.15, 0.2) is 11.5 Å². The van der Waals surface area contributed by atoms with Crippen LogP contribution >= 0.6 is 0 Å². The van der Waals surface area contributed by atoms with Crippen molar-refractivity contribution in [2.75, 3.05) is 32.2 Å². The van der Waals surface area contributed by atoms with Crippen LogP contribution in [0.2, 0.25) is 0 Å². The first kappa shape index (κ1) is 16.1. The van der Waals surface area contributed by atoms with Gasteiger partial charge in [0.1, 0.15) is 0 Å². The Morgan fingerprint density at radius 2 is 2.12 bits per heavy atom. The highest BCUT2D eigenvalue weighted by Crippen LogP contribution is 2.39. The highest BCUT2D eigenvalue weighted by Gasteiger charge is 2.30. The second-order valence-corrected chi connectivity index (χ2v) is 5.68. The van der Waals surface area contributed by atoms with E-state index in [1.165, 1.54) is 4.68 Å². The van der Waals surface area contributed by atoms with Crippen molar-refractivity contribution < 1.29 is 19.4 Å². The highest BCUT2D eigenvalue weighted by molar-refractivity contribution is 5.83. The SMILES string of the molecule is COc1cccc(C2CCN(c3nc(C(=O)O)nn3C)C2)c1OC. The number of carbonyl (C=O) groups is 1. The molecule has 1 atom stereocenters. The minimum Gasteiger partial charge on any atom is -0.493 e. The number of aryl methyl sites for hydroxylation is 1. The molecule has 1 aromatic carbocycles. The van der Waals surface area contributed by atoms with Crippen LogP contribution in [0.5, 0.6) is 11.5 Å². The van der Waals surface area contributed by atoms with E-state index in [9.17, 15) is 4.79 Å². The van der Waals surface area contributed by atoms with Gasteiger partial charge in [0, 0.05) is 31.6 Å². The molecule has 0 radical (unpaired) electrons. The molecule has 24 heavy (non-hydrogen) atoms. The molecule has 0 bridgehead atoms. The second kappa shape index (κ2) is 6.38. The van der Waals surface area contributed by atoms with Crippen molar-refractivity contribution >= 4 is 11.9 Å². The van der Waals surface area contributed by atoms with E-state index in [1.54, 1.807) is 21.3 Å². The van der Waals surface area contributed by atoms with Crippen molar-refractivity contribution in [1.29, 1.82) is 0 Å². The molecular formula is C16H20N4O4. The Morgan fingerprint density at radius 3 is 2.75 bits per heavy atom. The molecule has 0 aliphatic carbocycles. The summed E-state index contributed by atoms with van der Waals surface area (Å²) >= 11 is 0. The molecule has 1 fully saturated rings. The van der Waals surface area contributed by atoms with E-state index >= 15 is 0 Å². The molecule has 0 spiro atoms. The van der Waals surface area contributed by atoms with Crippen LogP contribution in [0.25, 0.3) is 0 Å². The number of ether oxygens (including phenoxy) is 2. The van der Waals surface area contributed by atoms with Crippen molar-refractivity contribution in [3.63, 3.8) is 0 Å². The van der Waals surface area contributed by atoms with Gasteiger partial charge in [0.05, 0.1) is 14.2 Å². The van der Waals surface area contributed by atoms with Crippen LogP contribution in [-0.2, 0) is 7.05 Å². The summed E-state index contributed by atoms with van der Waals surface area (Å²) in [6.07, 6.45) is 0.915. The van der Waals surface area contributed by atoms with Crippen LogP contribution < -0.4 is 14.4 Å². The summed E-state index contributed by atoms with van der Waals surface area (Å²) < 4.78 is 12.4. The number of benzene rings is 1. The number of anilines is 1. The van der Waals surface area contributed by atoms with Gasteiger partial charge in [-0.1, -0.05) is 12.1 Å². The molecule has 1 aliphatic heterocycles. The van der Waals surface area contributed by atoms with Crippen molar-refractivity contribution in [2.24, 2.45) is 7.05 Å². The van der Waals surface area contributed by atoms with Crippen LogP contribution in [0.4, 0.5) is 5.95 Å². The standard InChI is InChI=1S/C16H20N4O4/c1-19-16(17-14(18-19)15(21)22)20-8-7-10(9-20)11-5-4-6-12(23-2)13(11)24-3/h4-6,10H,7-9H2,1-3H3,(H,21,22). The third kappa shape index (κ3) is 2.75. The third-order valence-corrected chi connectivity index (χ3v) is 4.28. The number of aromatic carboxylic acids is 1. The zero-order valence-corrected chi connectivity index (χ0v) is 13.9. The smallest absolute Gasteiger partial charge is 0.375 e. The van der Waals surface area contributed by atoms with Gasteiger partial charge in [-0.05, 0) is 12.5 Å². The van der Waals surface area contributed by atoms with Crippen molar-refractivity contribution in [1.82, 2.24) is 14.8 Å². The fraction of sp³-hybridized carbons (Fsp3) is 0.438. The van der Waals surface area contributed by atoms with E-state index in [2.05, 4.69) is 10.1 Å². The van der Waals surface area contributed by atoms with Gasteiger partial charge in [0.2, 0.25) is 5.95 Å². The molecule has 2 heterocycles. The molecule has 0 saturated carbocycles. The van der Waals surface area contributed by atoms with Gasteiger partial charge < -0.3 is 19.5 Å². The Labute approximate surface area is 139 Å². The predicted molar refractivity (Wildman–Crippen MR) is 87.1 cm³/mol. The fourth-order valence-corrected chi connectivity index (χ4v) is 3.17. The summed E-state index contributed by atoms with van der Waals surface area (Å²) in [5.41, 5.74) is 1.08. The average Bonchev–Trinajstić information content (AvgIpc) is 3.20. The average molecular weight is 332 g/mol. The van der Waals surface area contributed by atoms with Gasteiger partial charge in [-0.3, -0.25) is 0 Å². The van der Waals surface area contributed by atoms with E-state index < -0.39 is 5.97 Å². The quantitative estimate of drug-likeness (QED) is 0.888. The molecule has 1 saturated heterocycles. The summed E-state index contributed by atoms with van der Waals surface area (Å²) in [6.45, 7) is 1.49. The van der Waals surface area contributed by atoms with Crippen molar-refractivity contribution in [2.45, 2.75) is 12.3 Å². The summed E-state index contributed by atoms with van der Waals surface area (Å²) in [7, 11) is 4.96. The first-order valence-electron chi connectivity index (χ1n) is 7.65. The van der Waals surface area contributed by atoms with Gasteiger partial charge in [-0.2, -0.15) is 4.98 Å². The first-order valence-corrected chi connectivity index (χ1v) is 7.65. The Bertz CT molecular complexity index is 759. The molecule has 1 N–H and O–H groups in total. The molecule has 3 rings (SSSR count). The lowest BCUT2D eigenvalue weighted by molar-refractivity contribution is 0.0683. The maximum Gasteiger partial charge on any atom is 0.375 e. The van der Waals surface area contributed by atoms with E-state index in [0.29, 0.717) is 11.7 Å². The normalized spacial score (nSPS) is 17.1. The maximum atomic E-state index is 11.0. The monoisotopic (exact) mass is 332 g/mol. The Balaban J connectivity index is 1.85. The minimum atomic E-state index is -1.12. The lowest BCUT2D eigenvalue weighted by Gasteiger charge is -2.19. The molecule has 1 aromatic heterocycles. The van der Waals surface area contributed by atoms with Gasteiger partial charge in [-0.25, -0.2) is 9.48 Å². The van der Waals surface area contributed by atoms with E-state index in [-0.39, 0.29) is 11.7 Å². The lowest BCUT2D eigenvalue weighted by Crippen LogP contribution is -2.23. The van der Waals surface area contributed by atoms with Crippen molar-refractivity contribution in [3.05, 3.63) is 29.6 Å². The van der Waals surface area contributed by atoms with Crippen molar-refractivity contribution in [3.8, 4) is 11.5 Å². The second-order valence-electron chi connectivity index (χ2n) is 5.68. The number of carboxylic acids is 1. The number of aromatic nitrogens is 3. The van der Waals surface area contributed by atoms with Crippen LogP contribution in [0, 0.1) is 0 Å². The largest absolute Gasteiger partial charge is 0.493 e. The number of hydrogen-bond acceptors (Lipinski definition) is 6. The van der Waals surface area contributed by atoms with E-state index in [0.717, 1.165) is 30.8 Å². The third-order valence-electron chi connectivity index (χ3n) is 4.28. The number of carboxylic acid groups (broad SMARTS) is 1. The zero-order chi connectivity index (χ0) is 17.3. The Hall–Kier alpha value is -2.77. The van der Waals surface area contributed by atoms with Crippen LogP contribution in [0.3, 0.4) is 0 Å². The van der Waals surface area contributed by atoms with E-state index in [1.807, 2.05) is 23.1 Å². The summed E-state index contributed by atoms with van der Waals surface area (Å²) in [5, 5.41) is 13.0. The molecule has 8 heteroatoms. The zero-order valence-electron chi connectivity index (χ0n) is 13.9. The summed E-state index contributed by atoms with van der Waals surface area (Å²) in [5.74, 6) is 0.963. The fourth-order valence-electron chi connectivity index (χ4n) is 3.17. The lowest BCUT2D eigenvalue weighted by atomic mass is 9.97. The number of hydrogen-bond donors (Lipinski definition) is 1. The number of nitrogens with zero attached hydrogens (tertiary/aromatic N) is 4. The molecule has 2 aromatic rings. The molecule has 8 nitrogen and oxygen atoms in total. The Morgan fingerprint density at radius 1 is 1.33 bits per heavy atom. The molecule has 0 amide bonds. The summed E-state index contributed by atoms with van der Waals surface area (Å²) in [6, 6.07) is 5.86. The number of rotatable bonds is 5. The molecule has 128 valence electrons. The van der Waals surface area contributed by atoms with Gasteiger partial charge in [-0.15, -0.1) is 5.10 Å². The van der Waals surface area contributed by atoms with Crippen LogP contribution in [0.1, 0.15) is 28.5 Å². The van der Waals surface area contributed by atoms with Crippen LogP contribution in [0.15, 0.2) is 18.2 Å². The summed E-state index contributed by atoms with van der Waals surface area (Å²) in [4.78, 5) is 17.2. The topological polar surface area (TPSA) is 89.7 Å². The highest BCUT2D eigenvalue weighted by atomic mass is 16.5. The maximum absolute atomic E-state index is 11.0. The molecule has 1 unspecified atom stereocenters.